The highest BCUT2D eigenvalue weighted by molar-refractivity contribution is 7.53. The molecule has 0 amide bonds. The second-order valence-corrected chi connectivity index (χ2v) is 13.6. The average molecular weight is 663 g/mol. The maximum Gasteiger partial charge on any atom is 0.335 e. The van der Waals surface area contributed by atoms with E-state index in [0.29, 0.717) is 6.61 Å². The average Bonchev–Trinajstić information content (AvgIpc) is 3.11. The molecule has 1 heterocycles. The summed E-state index contributed by atoms with van der Waals surface area (Å²) in [6.45, 7) is 0.906. The molecule has 5 atom stereocenters. The number of ether oxygens (including phenoxy) is 5. The van der Waals surface area contributed by atoms with Crippen LogP contribution in [0, 0.1) is 0 Å². The predicted molar refractivity (Wildman–Crippen MR) is 177 cm³/mol. The molecule has 9 nitrogen and oxygen atoms in total. The molecule has 0 saturated carbocycles. The normalized spacial score (nSPS) is 23.0. The topological polar surface area (TPSA) is 102 Å². The van der Waals surface area contributed by atoms with Gasteiger partial charge < -0.3 is 37.8 Å². The number of rotatable bonds is 17. The van der Waals surface area contributed by atoms with Crippen LogP contribution in [0.4, 0.5) is 0 Å². The lowest BCUT2D eigenvalue weighted by atomic mass is 9.92. The number of aliphatic hydroxyl groups is 1. The fourth-order valence-electron chi connectivity index (χ4n) is 5.54. The van der Waals surface area contributed by atoms with Gasteiger partial charge in [0.05, 0.1) is 33.0 Å². The van der Waals surface area contributed by atoms with E-state index in [4.69, 9.17) is 32.7 Å². The largest absolute Gasteiger partial charge is 0.374 e. The minimum Gasteiger partial charge on any atom is -0.374 e. The Labute approximate surface area is 276 Å². The summed E-state index contributed by atoms with van der Waals surface area (Å²) in [5.41, 5.74) is 3.71. The van der Waals surface area contributed by atoms with Crippen LogP contribution in [-0.4, -0.2) is 62.3 Å². The van der Waals surface area contributed by atoms with Gasteiger partial charge in [0, 0.05) is 14.2 Å². The van der Waals surface area contributed by atoms with Crippen LogP contribution in [0.3, 0.4) is 0 Å². The molecule has 1 N–H and O–H groups in total. The van der Waals surface area contributed by atoms with Crippen molar-refractivity contribution >= 4 is 7.60 Å². The first kappa shape index (κ1) is 35.1. The van der Waals surface area contributed by atoms with E-state index in [1.807, 2.05) is 121 Å². The number of hydrogen-bond donors (Lipinski definition) is 1. The third-order valence-electron chi connectivity index (χ3n) is 8.00. The van der Waals surface area contributed by atoms with Crippen LogP contribution >= 0.6 is 7.60 Å². The monoisotopic (exact) mass is 662 g/mol. The van der Waals surface area contributed by atoms with Crippen molar-refractivity contribution in [3.05, 3.63) is 144 Å². The van der Waals surface area contributed by atoms with Crippen LogP contribution in [-0.2, 0) is 63.7 Å². The summed E-state index contributed by atoms with van der Waals surface area (Å²) in [4.78, 5) is 0. The van der Waals surface area contributed by atoms with Gasteiger partial charge in [-0.1, -0.05) is 121 Å². The Balaban J connectivity index is 1.51. The van der Waals surface area contributed by atoms with Crippen LogP contribution in [0.1, 0.15) is 22.3 Å². The molecule has 0 bridgehead atoms. The molecule has 1 unspecified atom stereocenters. The third kappa shape index (κ3) is 9.90. The van der Waals surface area contributed by atoms with Crippen molar-refractivity contribution in [2.75, 3.05) is 27.0 Å². The van der Waals surface area contributed by atoms with Gasteiger partial charge in [0.15, 0.2) is 0 Å². The first-order valence-electron chi connectivity index (χ1n) is 15.6. The lowest BCUT2D eigenvalue weighted by Gasteiger charge is -2.50. The van der Waals surface area contributed by atoms with E-state index in [2.05, 4.69) is 0 Å². The molecule has 1 fully saturated rings. The maximum atomic E-state index is 13.6. The first-order chi connectivity index (χ1) is 22.9. The molecule has 1 saturated heterocycles. The van der Waals surface area contributed by atoms with Crippen molar-refractivity contribution in [1.82, 2.24) is 0 Å². The van der Waals surface area contributed by atoms with Gasteiger partial charge >= 0.3 is 7.60 Å². The summed E-state index contributed by atoms with van der Waals surface area (Å²) in [6.07, 6.45) is -4.20. The van der Waals surface area contributed by atoms with Gasteiger partial charge in [-0.2, -0.15) is 0 Å². The first-order valence-corrected chi connectivity index (χ1v) is 17.3. The second kappa shape index (κ2) is 17.3. The highest BCUT2D eigenvalue weighted by atomic mass is 31.2. The Morgan fingerprint density at radius 1 is 0.617 bits per heavy atom. The molecular weight excluding hydrogens is 619 g/mol. The van der Waals surface area contributed by atoms with Crippen molar-refractivity contribution in [3.63, 3.8) is 0 Å². The van der Waals surface area contributed by atoms with E-state index in [9.17, 15) is 9.67 Å². The Morgan fingerprint density at radius 3 is 1.47 bits per heavy atom. The van der Waals surface area contributed by atoms with Gasteiger partial charge in [0.25, 0.3) is 0 Å². The lowest BCUT2D eigenvalue weighted by molar-refractivity contribution is -0.362. The number of hydrogen-bond acceptors (Lipinski definition) is 9. The van der Waals surface area contributed by atoms with Crippen molar-refractivity contribution in [2.45, 2.75) is 56.6 Å². The quantitative estimate of drug-likeness (QED) is 0.126. The zero-order chi connectivity index (χ0) is 33.0. The molecule has 4 aromatic rings. The van der Waals surface area contributed by atoms with Crippen molar-refractivity contribution < 1.29 is 42.4 Å². The zero-order valence-electron chi connectivity index (χ0n) is 26.8. The van der Waals surface area contributed by atoms with Gasteiger partial charge in [0.2, 0.25) is 5.79 Å². The predicted octanol–water partition coefficient (Wildman–Crippen LogP) is 6.53. The van der Waals surface area contributed by atoms with Gasteiger partial charge in [-0.15, -0.1) is 0 Å². The minimum atomic E-state index is -3.83. The van der Waals surface area contributed by atoms with Crippen LogP contribution in [0.5, 0.6) is 0 Å². The summed E-state index contributed by atoms with van der Waals surface area (Å²) in [6, 6.07) is 38.8. The lowest BCUT2D eigenvalue weighted by Crippen LogP contribution is -2.68. The standard InChI is InChI=1S/C37H43O9P/c1-40-47(39,41-2)28-37(38)36(45-26-32-21-13-6-14-22-32)35(44-25-31-19-11-5-12-20-31)34(43-24-30-17-9-4-10-18-30)33(46-37)27-42-23-29-15-7-3-8-16-29/h3-22,33-36,38H,23-28H2,1-2H3/t33-,34-,35+,36-,37?/m1/s1. The minimum absolute atomic E-state index is 0.0392. The van der Waals surface area contributed by atoms with E-state index in [0.717, 1.165) is 22.3 Å². The molecule has 47 heavy (non-hydrogen) atoms. The Morgan fingerprint density at radius 2 is 1.02 bits per heavy atom. The molecule has 5 rings (SSSR count). The van der Waals surface area contributed by atoms with E-state index in [-0.39, 0.29) is 26.4 Å². The molecule has 0 aromatic heterocycles. The van der Waals surface area contributed by atoms with E-state index < -0.39 is 44.0 Å². The van der Waals surface area contributed by atoms with Crippen molar-refractivity contribution in [2.24, 2.45) is 0 Å². The summed E-state index contributed by atoms with van der Waals surface area (Å²) in [5.74, 6) is -2.18. The smallest absolute Gasteiger partial charge is 0.335 e. The summed E-state index contributed by atoms with van der Waals surface area (Å²) >= 11 is 0. The van der Waals surface area contributed by atoms with Crippen LogP contribution in [0.25, 0.3) is 0 Å². The second-order valence-electron chi connectivity index (χ2n) is 11.4. The summed E-state index contributed by atoms with van der Waals surface area (Å²) in [7, 11) is -1.29. The van der Waals surface area contributed by atoms with Crippen LogP contribution < -0.4 is 0 Å². The van der Waals surface area contributed by atoms with E-state index in [1.54, 1.807) is 0 Å². The van der Waals surface area contributed by atoms with Crippen molar-refractivity contribution in [3.8, 4) is 0 Å². The van der Waals surface area contributed by atoms with Crippen LogP contribution in [0.2, 0.25) is 0 Å². The maximum absolute atomic E-state index is 13.6. The molecule has 10 heteroatoms. The molecule has 0 radical (unpaired) electrons. The van der Waals surface area contributed by atoms with Crippen LogP contribution in [0.15, 0.2) is 121 Å². The van der Waals surface area contributed by atoms with Crippen molar-refractivity contribution in [1.29, 1.82) is 0 Å². The van der Waals surface area contributed by atoms with Gasteiger partial charge in [-0.25, -0.2) is 0 Å². The molecular formula is C37H43O9P. The highest BCUT2D eigenvalue weighted by Gasteiger charge is 2.59. The molecule has 1 aliphatic rings. The Kier molecular flexibility index (Phi) is 12.9. The molecule has 0 aliphatic carbocycles. The van der Waals surface area contributed by atoms with E-state index in [1.165, 1.54) is 14.2 Å². The number of benzene rings is 4. The zero-order valence-corrected chi connectivity index (χ0v) is 27.7. The summed E-state index contributed by atoms with van der Waals surface area (Å²) in [5, 5.41) is 12.4. The molecule has 0 spiro atoms. The van der Waals surface area contributed by atoms with Gasteiger partial charge in [-0.3, -0.25) is 4.57 Å². The summed E-state index contributed by atoms with van der Waals surface area (Å²) < 4.78 is 56.4. The third-order valence-corrected chi connectivity index (χ3v) is 9.95. The SMILES string of the molecule is COP(=O)(CC1(O)O[C@H](COCc2ccccc2)[C@@H](OCc2ccccc2)[C@H](OCc2ccccc2)[C@H]1OCc1ccccc1)OC. The Bertz CT molecular complexity index is 1500. The highest BCUT2D eigenvalue weighted by Crippen LogP contribution is 2.52. The van der Waals surface area contributed by atoms with Gasteiger partial charge in [0.1, 0.15) is 30.6 Å². The fraction of sp³-hybridized carbons (Fsp3) is 0.351. The molecule has 250 valence electrons. The van der Waals surface area contributed by atoms with E-state index >= 15 is 0 Å². The van der Waals surface area contributed by atoms with Gasteiger partial charge in [-0.05, 0) is 22.3 Å². The Hall–Kier alpha value is -3.21. The fourth-order valence-corrected chi connectivity index (χ4v) is 6.76. The molecule has 1 aliphatic heterocycles. The molecule has 4 aromatic carbocycles.